The van der Waals surface area contributed by atoms with Gasteiger partial charge in [-0.25, -0.2) is 0 Å². The van der Waals surface area contributed by atoms with Gasteiger partial charge >= 0.3 is 0 Å². The lowest BCUT2D eigenvalue weighted by Crippen LogP contribution is -2.11. The number of benzene rings is 2. The molecule has 0 heterocycles. The first-order chi connectivity index (χ1) is 10.6. The normalized spacial score (nSPS) is 14.5. The molecule has 1 saturated carbocycles. The molecule has 0 bridgehead atoms. The first-order valence-electron chi connectivity index (χ1n) is 7.23. The van der Waals surface area contributed by atoms with Crippen LogP contribution in [-0.2, 0) is 0 Å². The molecule has 0 amide bonds. The molecule has 0 atom stereocenters. The summed E-state index contributed by atoms with van der Waals surface area (Å²) in [5, 5.41) is 11.8. The van der Waals surface area contributed by atoms with E-state index in [1.807, 2.05) is 18.2 Å². The zero-order valence-corrected chi connectivity index (χ0v) is 13.0. The Hall–Kier alpha value is -2.07. The van der Waals surface area contributed by atoms with Crippen molar-refractivity contribution in [2.45, 2.75) is 25.2 Å². The number of ether oxygens (including phenoxy) is 1. The number of nitrogens with zero attached hydrogens (tertiary/aromatic N) is 1. The summed E-state index contributed by atoms with van der Waals surface area (Å²) in [6, 6.07) is 10.5. The number of methoxy groups -OCH3 is 1. The lowest BCUT2D eigenvalue weighted by Gasteiger charge is -2.29. The minimum atomic E-state index is -0.391. The van der Waals surface area contributed by atoms with Gasteiger partial charge in [0.05, 0.1) is 22.6 Å². The van der Waals surface area contributed by atoms with Crippen LogP contribution in [0.25, 0.3) is 11.1 Å². The Morgan fingerprint density at radius 2 is 1.91 bits per heavy atom. The zero-order valence-electron chi connectivity index (χ0n) is 12.2. The molecule has 2 aromatic rings. The van der Waals surface area contributed by atoms with Gasteiger partial charge in [0.1, 0.15) is 5.75 Å². The van der Waals surface area contributed by atoms with Crippen molar-refractivity contribution in [3.63, 3.8) is 0 Å². The molecule has 22 heavy (non-hydrogen) atoms. The molecule has 114 valence electrons. The Kier molecular flexibility index (Phi) is 4.03. The molecule has 1 fully saturated rings. The van der Waals surface area contributed by atoms with Crippen LogP contribution in [0.4, 0.5) is 5.69 Å². The number of nitro benzene ring substituents is 1. The van der Waals surface area contributed by atoms with Crippen molar-refractivity contribution in [2.24, 2.45) is 0 Å². The first kappa shape index (κ1) is 14.9. The van der Waals surface area contributed by atoms with Crippen molar-refractivity contribution in [2.75, 3.05) is 7.11 Å². The Morgan fingerprint density at radius 3 is 2.50 bits per heavy atom. The van der Waals surface area contributed by atoms with E-state index in [9.17, 15) is 10.1 Å². The minimum absolute atomic E-state index is 0.0116. The van der Waals surface area contributed by atoms with Crippen molar-refractivity contribution in [1.29, 1.82) is 0 Å². The third kappa shape index (κ3) is 2.44. The highest BCUT2D eigenvalue weighted by molar-refractivity contribution is 6.34. The number of rotatable bonds is 4. The third-order valence-corrected chi connectivity index (χ3v) is 4.58. The van der Waals surface area contributed by atoms with Crippen LogP contribution in [0.3, 0.4) is 0 Å². The lowest BCUT2D eigenvalue weighted by atomic mass is 9.77. The summed E-state index contributed by atoms with van der Waals surface area (Å²) in [4.78, 5) is 11.0. The highest BCUT2D eigenvalue weighted by atomic mass is 35.5. The van der Waals surface area contributed by atoms with E-state index in [4.69, 9.17) is 16.3 Å². The smallest absolute Gasteiger partial charge is 0.278 e. The standard InChI is InChI=1S/C17H16ClNO3/c1-22-15-10-3-7-12(11-5-2-6-11)16(15)17-13(18)8-4-9-14(17)19(20)21/h3-4,7-11H,2,5-6H2,1H3. The van der Waals surface area contributed by atoms with Crippen LogP contribution in [0, 0.1) is 10.1 Å². The van der Waals surface area contributed by atoms with Crippen molar-refractivity contribution >= 4 is 17.3 Å². The summed E-state index contributed by atoms with van der Waals surface area (Å²) < 4.78 is 5.47. The lowest BCUT2D eigenvalue weighted by molar-refractivity contribution is -0.384. The molecule has 0 radical (unpaired) electrons. The topological polar surface area (TPSA) is 52.4 Å². The SMILES string of the molecule is COc1cccc(C2CCC2)c1-c1c(Cl)cccc1[N+](=O)[O-]. The van der Waals surface area contributed by atoms with E-state index in [-0.39, 0.29) is 5.69 Å². The van der Waals surface area contributed by atoms with Crippen LogP contribution in [0.1, 0.15) is 30.7 Å². The largest absolute Gasteiger partial charge is 0.496 e. The minimum Gasteiger partial charge on any atom is -0.496 e. The fraction of sp³-hybridized carbons (Fsp3) is 0.294. The molecular formula is C17H16ClNO3. The van der Waals surface area contributed by atoms with Gasteiger partial charge in [-0.2, -0.15) is 0 Å². The second-order valence-electron chi connectivity index (χ2n) is 5.44. The monoisotopic (exact) mass is 317 g/mol. The van der Waals surface area contributed by atoms with E-state index in [1.54, 1.807) is 19.2 Å². The van der Waals surface area contributed by atoms with E-state index >= 15 is 0 Å². The second kappa shape index (κ2) is 5.97. The molecule has 0 aromatic heterocycles. The van der Waals surface area contributed by atoms with Gasteiger partial charge in [0.2, 0.25) is 0 Å². The Bertz CT molecular complexity index is 726. The van der Waals surface area contributed by atoms with E-state index in [0.717, 1.165) is 24.0 Å². The van der Waals surface area contributed by atoms with Gasteiger partial charge in [0.15, 0.2) is 0 Å². The summed E-state index contributed by atoms with van der Waals surface area (Å²) in [6.45, 7) is 0. The molecule has 0 aliphatic heterocycles. The van der Waals surface area contributed by atoms with Gasteiger partial charge in [0, 0.05) is 11.6 Å². The summed E-state index contributed by atoms with van der Waals surface area (Å²) in [5.74, 6) is 1.04. The zero-order chi connectivity index (χ0) is 15.7. The molecular weight excluding hydrogens is 302 g/mol. The average molecular weight is 318 g/mol. The first-order valence-corrected chi connectivity index (χ1v) is 7.61. The Morgan fingerprint density at radius 1 is 1.18 bits per heavy atom. The van der Waals surface area contributed by atoms with Gasteiger partial charge in [-0.3, -0.25) is 10.1 Å². The highest BCUT2D eigenvalue weighted by Gasteiger charge is 2.29. The molecule has 1 aliphatic rings. The molecule has 0 unspecified atom stereocenters. The molecule has 5 heteroatoms. The fourth-order valence-electron chi connectivity index (χ4n) is 2.96. The van der Waals surface area contributed by atoms with Crippen LogP contribution in [0.15, 0.2) is 36.4 Å². The number of nitro groups is 1. The predicted octanol–water partition coefficient (Wildman–Crippen LogP) is 5.19. The quantitative estimate of drug-likeness (QED) is 0.576. The third-order valence-electron chi connectivity index (χ3n) is 4.26. The highest BCUT2D eigenvalue weighted by Crippen LogP contribution is 2.48. The fourth-order valence-corrected chi connectivity index (χ4v) is 3.22. The summed E-state index contributed by atoms with van der Waals surface area (Å²) >= 11 is 6.31. The van der Waals surface area contributed by atoms with E-state index in [2.05, 4.69) is 0 Å². The van der Waals surface area contributed by atoms with Crippen molar-refractivity contribution in [1.82, 2.24) is 0 Å². The maximum atomic E-state index is 11.4. The number of hydrogen-bond acceptors (Lipinski definition) is 3. The Balaban J connectivity index is 2.30. The summed E-state index contributed by atoms with van der Waals surface area (Å²) in [5.41, 5.74) is 2.31. The average Bonchev–Trinajstić information content (AvgIpc) is 2.45. The summed E-state index contributed by atoms with van der Waals surface area (Å²) in [6.07, 6.45) is 3.38. The van der Waals surface area contributed by atoms with Crippen molar-refractivity contribution in [3.05, 3.63) is 57.1 Å². The van der Waals surface area contributed by atoms with E-state index in [0.29, 0.717) is 22.3 Å². The predicted molar refractivity (Wildman–Crippen MR) is 86.7 cm³/mol. The molecule has 0 N–H and O–H groups in total. The van der Waals surface area contributed by atoms with Crippen LogP contribution < -0.4 is 4.74 Å². The molecule has 0 saturated heterocycles. The van der Waals surface area contributed by atoms with Crippen molar-refractivity contribution in [3.8, 4) is 16.9 Å². The van der Waals surface area contributed by atoms with Crippen LogP contribution >= 0.6 is 11.6 Å². The molecule has 1 aliphatic carbocycles. The van der Waals surface area contributed by atoms with Gasteiger partial charge in [-0.15, -0.1) is 0 Å². The Labute approximate surface area is 133 Å². The maximum absolute atomic E-state index is 11.4. The van der Waals surface area contributed by atoms with Gasteiger partial charge in [-0.1, -0.05) is 36.2 Å². The maximum Gasteiger partial charge on any atom is 0.278 e. The van der Waals surface area contributed by atoms with Gasteiger partial charge < -0.3 is 4.74 Å². The van der Waals surface area contributed by atoms with E-state index < -0.39 is 4.92 Å². The molecule has 2 aromatic carbocycles. The van der Waals surface area contributed by atoms with Crippen LogP contribution in [-0.4, -0.2) is 12.0 Å². The van der Waals surface area contributed by atoms with Gasteiger partial charge in [0.25, 0.3) is 5.69 Å². The van der Waals surface area contributed by atoms with E-state index in [1.165, 1.54) is 12.5 Å². The molecule has 4 nitrogen and oxygen atoms in total. The second-order valence-corrected chi connectivity index (χ2v) is 5.85. The summed E-state index contributed by atoms with van der Waals surface area (Å²) in [7, 11) is 1.58. The number of hydrogen-bond donors (Lipinski definition) is 0. The molecule has 0 spiro atoms. The van der Waals surface area contributed by atoms with Crippen molar-refractivity contribution < 1.29 is 9.66 Å². The number of halogens is 1. The van der Waals surface area contributed by atoms with Crippen LogP contribution in [0.5, 0.6) is 5.75 Å². The van der Waals surface area contributed by atoms with Crippen LogP contribution in [0.2, 0.25) is 5.02 Å². The van der Waals surface area contributed by atoms with Gasteiger partial charge in [-0.05, 0) is 36.5 Å². The molecule has 3 rings (SSSR count).